The first-order chi connectivity index (χ1) is 6.81. The Morgan fingerprint density at radius 1 is 1.57 bits per heavy atom. The zero-order valence-electron chi connectivity index (χ0n) is 8.21. The third kappa shape index (κ3) is 1.65. The minimum Gasteiger partial charge on any atom is -0.367 e. The largest absolute Gasteiger partial charge is 0.367 e. The zero-order chi connectivity index (χ0) is 9.97. The van der Waals surface area contributed by atoms with Gasteiger partial charge in [-0.15, -0.1) is 0 Å². The number of carbonyl (C=O) groups excluding carboxylic acids is 1. The molecule has 1 fully saturated rings. The van der Waals surface area contributed by atoms with E-state index >= 15 is 0 Å². The van der Waals surface area contributed by atoms with Gasteiger partial charge in [0.15, 0.2) is 0 Å². The lowest BCUT2D eigenvalue weighted by Crippen LogP contribution is -2.53. The van der Waals surface area contributed by atoms with Gasteiger partial charge in [-0.05, 0) is 18.1 Å². The van der Waals surface area contributed by atoms with E-state index in [1.807, 2.05) is 25.4 Å². The Kier molecular flexibility index (Phi) is 2.54. The van der Waals surface area contributed by atoms with Crippen molar-refractivity contribution in [1.82, 2.24) is 15.6 Å². The molecule has 76 valence electrons. The van der Waals surface area contributed by atoms with Crippen LogP contribution in [0.15, 0.2) is 18.5 Å². The van der Waals surface area contributed by atoms with Crippen molar-refractivity contribution in [3.8, 4) is 0 Å². The van der Waals surface area contributed by atoms with Gasteiger partial charge in [0.2, 0.25) is 5.91 Å². The van der Waals surface area contributed by atoms with E-state index in [-0.39, 0.29) is 18.0 Å². The lowest BCUT2D eigenvalue weighted by Gasteiger charge is -2.29. The minimum absolute atomic E-state index is 0.0522. The topological polar surface area (TPSA) is 56.9 Å². The number of H-pyrrole nitrogens is 1. The van der Waals surface area contributed by atoms with Gasteiger partial charge in [-0.1, -0.05) is 6.92 Å². The highest BCUT2D eigenvalue weighted by Gasteiger charge is 2.26. The average Bonchev–Trinajstić information content (AvgIpc) is 2.71. The van der Waals surface area contributed by atoms with Crippen molar-refractivity contribution in [2.75, 3.05) is 6.54 Å². The molecule has 1 aliphatic heterocycles. The lowest BCUT2D eigenvalue weighted by atomic mass is 10.0. The maximum atomic E-state index is 11.4. The number of amides is 1. The summed E-state index contributed by atoms with van der Waals surface area (Å²) in [4.78, 5) is 14.4. The highest BCUT2D eigenvalue weighted by molar-refractivity contribution is 5.82. The van der Waals surface area contributed by atoms with E-state index in [0.717, 1.165) is 6.42 Å². The monoisotopic (exact) mass is 193 g/mol. The Balaban J connectivity index is 2.06. The number of hydrogen-bond donors (Lipinski definition) is 3. The van der Waals surface area contributed by atoms with Crippen molar-refractivity contribution in [2.24, 2.45) is 0 Å². The van der Waals surface area contributed by atoms with Crippen LogP contribution in [0.25, 0.3) is 0 Å². The molecule has 1 aliphatic rings. The first-order valence-corrected chi connectivity index (χ1v) is 4.97. The molecule has 2 atom stereocenters. The van der Waals surface area contributed by atoms with Crippen molar-refractivity contribution >= 4 is 5.91 Å². The highest BCUT2D eigenvalue weighted by atomic mass is 16.2. The molecule has 4 nitrogen and oxygen atoms in total. The van der Waals surface area contributed by atoms with Crippen LogP contribution in [-0.2, 0) is 4.79 Å². The summed E-state index contributed by atoms with van der Waals surface area (Å²) < 4.78 is 0. The van der Waals surface area contributed by atoms with E-state index in [1.165, 1.54) is 5.56 Å². The van der Waals surface area contributed by atoms with Gasteiger partial charge in [-0.2, -0.15) is 0 Å². The summed E-state index contributed by atoms with van der Waals surface area (Å²) in [6.45, 7) is 2.68. The van der Waals surface area contributed by atoms with Crippen molar-refractivity contribution in [2.45, 2.75) is 25.4 Å². The van der Waals surface area contributed by atoms with Crippen LogP contribution in [0.2, 0.25) is 0 Å². The molecule has 0 aromatic carbocycles. The summed E-state index contributed by atoms with van der Waals surface area (Å²) >= 11 is 0. The van der Waals surface area contributed by atoms with Crippen molar-refractivity contribution < 1.29 is 4.79 Å². The van der Waals surface area contributed by atoms with Gasteiger partial charge in [0.05, 0.1) is 12.1 Å². The molecule has 2 rings (SSSR count). The second-order valence-corrected chi connectivity index (χ2v) is 3.57. The van der Waals surface area contributed by atoms with Crippen LogP contribution in [0.4, 0.5) is 0 Å². The second kappa shape index (κ2) is 3.84. The molecule has 2 heterocycles. The van der Waals surface area contributed by atoms with E-state index in [0.29, 0.717) is 6.54 Å². The highest BCUT2D eigenvalue weighted by Crippen LogP contribution is 2.15. The molecule has 0 saturated carbocycles. The molecule has 1 saturated heterocycles. The van der Waals surface area contributed by atoms with E-state index < -0.39 is 0 Å². The fourth-order valence-corrected chi connectivity index (χ4v) is 1.77. The molecule has 0 aliphatic carbocycles. The quantitative estimate of drug-likeness (QED) is 0.642. The molecule has 0 radical (unpaired) electrons. The molecule has 2 unspecified atom stereocenters. The minimum atomic E-state index is -0.0522. The third-order valence-corrected chi connectivity index (χ3v) is 2.63. The summed E-state index contributed by atoms with van der Waals surface area (Å²) in [5, 5.41) is 6.23. The maximum Gasteiger partial charge on any atom is 0.237 e. The molecule has 14 heavy (non-hydrogen) atoms. The molecule has 1 aromatic heterocycles. The molecule has 0 bridgehead atoms. The summed E-state index contributed by atoms with van der Waals surface area (Å²) in [7, 11) is 0. The normalized spacial score (nSPS) is 27.4. The van der Waals surface area contributed by atoms with Gasteiger partial charge >= 0.3 is 0 Å². The number of aromatic amines is 1. The third-order valence-electron chi connectivity index (χ3n) is 2.63. The van der Waals surface area contributed by atoms with Crippen molar-refractivity contribution in [3.05, 3.63) is 24.0 Å². The van der Waals surface area contributed by atoms with Gasteiger partial charge in [0.25, 0.3) is 0 Å². The standard InChI is InChI=1S/C10H15N3O/c1-2-8-10(14)12-6-9(13-8)7-3-4-11-5-7/h3-5,8-9,11,13H,2,6H2,1H3,(H,12,14). The van der Waals surface area contributed by atoms with Gasteiger partial charge in [-0.25, -0.2) is 0 Å². The summed E-state index contributed by atoms with van der Waals surface area (Å²) in [6.07, 6.45) is 4.68. The van der Waals surface area contributed by atoms with Crippen LogP contribution in [0.3, 0.4) is 0 Å². The number of piperazine rings is 1. The van der Waals surface area contributed by atoms with Crippen LogP contribution in [0.5, 0.6) is 0 Å². The number of carbonyl (C=O) groups is 1. The smallest absolute Gasteiger partial charge is 0.237 e. The Bertz CT molecular complexity index is 307. The zero-order valence-corrected chi connectivity index (χ0v) is 8.21. The molecule has 1 amide bonds. The first-order valence-electron chi connectivity index (χ1n) is 4.97. The molecular formula is C10H15N3O. The van der Waals surface area contributed by atoms with Gasteiger partial charge in [0, 0.05) is 18.9 Å². The summed E-state index contributed by atoms with van der Waals surface area (Å²) in [6, 6.07) is 2.22. The van der Waals surface area contributed by atoms with Gasteiger partial charge < -0.3 is 10.3 Å². The number of rotatable bonds is 2. The Labute approximate surface area is 83.1 Å². The lowest BCUT2D eigenvalue weighted by molar-refractivity contribution is -0.125. The fraction of sp³-hybridized carbons (Fsp3) is 0.500. The number of aromatic nitrogens is 1. The predicted octanol–water partition coefficient (Wildman–Crippen LogP) is 0.554. The number of hydrogen-bond acceptors (Lipinski definition) is 2. The van der Waals surface area contributed by atoms with Crippen molar-refractivity contribution in [3.63, 3.8) is 0 Å². The molecule has 3 N–H and O–H groups in total. The average molecular weight is 193 g/mol. The van der Waals surface area contributed by atoms with E-state index in [1.54, 1.807) is 0 Å². The molecule has 4 heteroatoms. The summed E-state index contributed by atoms with van der Waals surface area (Å²) in [5.41, 5.74) is 1.20. The van der Waals surface area contributed by atoms with Crippen LogP contribution in [-0.4, -0.2) is 23.5 Å². The van der Waals surface area contributed by atoms with Crippen molar-refractivity contribution in [1.29, 1.82) is 0 Å². The summed E-state index contributed by atoms with van der Waals surface area (Å²) in [5.74, 6) is 0.110. The molecule has 1 aromatic rings. The predicted molar refractivity (Wildman–Crippen MR) is 53.8 cm³/mol. The molecule has 0 spiro atoms. The van der Waals surface area contributed by atoms with Crippen LogP contribution in [0, 0.1) is 0 Å². The van der Waals surface area contributed by atoms with E-state index in [2.05, 4.69) is 15.6 Å². The first kappa shape index (κ1) is 9.27. The Morgan fingerprint density at radius 2 is 2.43 bits per heavy atom. The van der Waals surface area contributed by atoms with Gasteiger partial charge in [0.1, 0.15) is 0 Å². The van der Waals surface area contributed by atoms with E-state index in [9.17, 15) is 4.79 Å². The second-order valence-electron chi connectivity index (χ2n) is 3.57. The van der Waals surface area contributed by atoms with E-state index in [4.69, 9.17) is 0 Å². The number of nitrogens with one attached hydrogen (secondary N) is 3. The SMILES string of the molecule is CCC1NC(c2cc[nH]c2)CNC1=O. The van der Waals surface area contributed by atoms with Gasteiger partial charge in [-0.3, -0.25) is 10.1 Å². The molecular weight excluding hydrogens is 178 g/mol. The maximum absolute atomic E-state index is 11.4. The fourth-order valence-electron chi connectivity index (χ4n) is 1.77. The Morgan fingerprint density at radius 3 is 3.07 bits per heavy atom. The Hall–Kier alpha value is -1.29. The van der Waals surface area contributed by atoms with Crippen LogP contribution in [0.1, 0.15) is 24.9 Å². The van der Waals surface area contributed by atoms with Crippen LogP contribution < -0.4 is 10.6 Å². The van der Waals surface area contributed by atoms with Crippen LogP contribution >= 0.6 is 0 Å².